The Kier molecular flexibility index (Phi) is 6.77. The van der Waals surface area contributed by atoms with Crippen molar-refractivity contribution in [3.8, 4) is 12.1 Å². The quantitative estimate of drug-likeness (QED) is 0.833. The SMILES string of the molecule is Cc1cc(C)cc(NCC(=O)N(CCC#N)CCC#N)c1. The molecule has 0 saturated carbocycles. The van der Waals surface area contributed by atoms with Crippen LogP contribution in [0.4, 0.5) is 5.69 Å². The van der Waals surface area contributed by atoms with Gasteiger partial charge in [-0.05, 0) is 37.1 Å². The van der Waals surface area contributed by atoms with Crippen LogP contribution >= 0.6 is 0 Å². The highest BCUT2D eigenvalue weighted by atomic mass is 16.2. The maximum atomic E-state index is 12.1. The largest absolute Gasteiger partial charge is 0.376 e. The van der Waals surface area contributed by atoms with Crippen LogP contribution in [0.1, 0.15) is 24.0 Å². The van der Waals surface area contributed by atoms with E-state index in [0.717, 1.165) is 16.8 Å². The minimum atomic E-state index is -0.0975. The van der Waals surface area contributed by atoms with Gasteiger partial charge in [0.05, 0.1) is 31.5 Å². The van der Waals surface area contributed by atoms with Gasteiger partial charge in [0, 0.05) is 18.8 Å². The highest BCUT2D eigenvalue weighted by Crippen LogP contribution is 2.13. The average Bonchev–Trinajstić information content (AvgIpc) is 2.44. The molecule has 1 amide bonds. The fourth-order valence-electron chi connectivity index (χ4n) is 2.10. The predicted molar refractivity (Wildman–Crippen MR) is 81.4 cm³/mol. The van der Waals surface area contributed by atoms with Crippen molar-refractivity contribution in [2.45, 2.75) is 26.7 Å². The summed E-state index contributed by atoms with van der Waals surface area (Å²) in [6.07, 6.45) is 0.557. The number of hydrogen-bond acceptors (Lipinski definition) is 4. The number of carbonyl (C=O) groups excluding carboxylic acids is 1. The van der Waals surface area contributed by atoms with Crippen LogP contribution in [0.15, 0.2) is 18.2 Å². The molecule has 5 heteroatoms. The maximum absolute atomic E-state index is 12.1. The Morgan fingerprint density at radius 3 is 2.10 bits per heavy atom. The second-order valence-electron chi connectivity index (χ2n) is 4.93. The van der Waals surface area contributed by atoms with Crippen LogP contribution < -0.4 is 5.32 Å². The second kappa shape index (κ2) is 8.60. The number of benzene rings is 1. The van der Waals surface area contributed by atoms with Gasteiger partial charge in [-0.3, -0.25) is 4.79 Å². The smallest absolute Gasteiger partial charge is 0.241 e. The molecular formula is C16H20N4O. The molecule has 1 rings (SSSR count). The van der Waals surface area contributed by atoms with E-state index < -0.39 is 0 Å². The van der Waals surface area contributed by atoms with E-state index >= 15 is 0 Å². The number of aryl methyl sites for hydroxylation is 2. The fraction of sp³-hybridized carbons (Fsp3) is 0.438. The first-order valence-electron chi connectivity index (χ1n) is 6.90. The van der Waals surface area contributed by atoms with Crippen LogP contribution in [-0.2, 0) is 4.79 Å². The van der Waals surface area contributed by atoms with E-state index in [-0.39, 0.29) is 25.3 Å². The van der Waals surface area contributed by atoms with Gasteiger partial charge in [0.2, 0.25) is 5.91 Å². The summed E-state index contributed by atoms with van der Waals surface area (Å²) in [5.74, 6) is -0.0975. The molecule has 0 aromatic heterocycles. The highest BCUT2D eigenvalue weighted by Gasteiger charge is 2.12. The molecule has 0 heterocycles. The van der Waals surface area contributed by atoms with E-state index in [2.05, 4.69) is 11.4 Å². The van der Waals surface area contributed by atoms with Gasteiger partial charge < -0.3 is 10.2 Å². The summed E-state index contributed by atoms with van der Waals surface area (Å²) in [6, 6.07) is 10.1. The van der Waals surface area contributed by atoms with E-state index in [1.807, 2.05) is 38.1 Å². The number of carbonyl (C=O) groups is 1. The molecule has 0 unspecified atom stereocenters. The lowest BCUT2D eigenvalue weighted by molar-refractivity contribution is -0.129. The summed E-state index contributed by atoms with van der Waals surface area (Å²) in [7, 11) is 0. The summed E-state index contributed by atoms with van der Waals surface area (Å²) in [6.45, 7) is 4.91. The van der Waals surface area contributed by atoms with Gasteiger partial charge in [-0.1, -0.05) is 6.07 Å². The average molecular weight is 284 g/mol. The second-order valence-corrected chi connectivity index (χ2v) is 4.93. The molecule has 0 fully saturated rings. The normalized spacial score (nSPS) is 9.52. The molecule has 0 saturated heterocycles. The van der Waals surface area contributed by atoms with Gasteiger partial charge in [-0.2, -0.15) is 10.5 Å². The Bertz CT molecular complexity index is 530. The first kappa shape index (κ1) is 16.5. The lowest BCUT2D eigenvalue weighted by Crippen LogP contribution is -2.36. The summed E-state index contributed by atoms with van der Waals surface area (Å²) in [5, 5.41) is 20.3. The minimum absolute atomic E-state index is 0.0975. The topological polar surface area (TPSA) is 79.9 Å². The van der Waals surface area contributed by atoms with Gasteiger partial charge in [0.15, 0.2) is 0 Å². The fourth-order valence-corrected chi connectivity index (χ4v) is 2.10. The van der Waals surface area contributed by atoms with Gasteiger partial charge in [0.1, 0.15) is 0 Å². The minimum Gasteiger partial charge on any atom is -0.376 e. The molecule has 0 aliphatic carbocycles. The van der Waals surface area contributed by atoms with Crippen LogP contribution in [0.25, 0.3) is 0 Å². The number of nitrogens with zero attached hydrogens (tertiary/aromatic N) is 3. The molecule has 0 aliphatic rings. The lowest BCUT2D eigenvalue weighted by Gasteiger charge is -2.21. The van der Waals surface area contributed by atoms with Crippen molar-refractivity contribution in [1.29, 1.82) is 10.5 Å². The van der Waals surface area contributed by atoms with E-state index in [1.54, 1.807) is 4.90 Å². The molecule has 0 atom stereocenters. The summed E-state index contributed by atoms with van der Waals surface area (Å²) in [4.78, 5) is 13.7. The Balaban J connectivity index is 2.60. The van der Waals surface area contributed by atoms with E-state index in [4.69, 9.17) is 10.5 Å². The molecule has 1 N–H and O–H groups in total. The zero-order chi connectivity index (χ0) is 15.7. The highest BCUT2D eigenvalue weighted by molar-refractivity contribution is 5.81. The van der Waals surface area contributed by atoms with Gasteiger partial charge >= 0.3 is 0 Å². The number of anilines is 1. The third-order valence-corrected chi connectivity index (χ3v) is 3.01. The van der Waals surface area contributed by atoms with Crippen molar-refractivity contribution in [3.63, 3.8) is 0 Å². The molecule has 5 nitrogen and oxygen atoms in total. The number of nitriles is 2. The monoisotopic (exact) mass is 284 g/mol. The molecular weight excluding hydrogens is 264 g/mol. The maximum Gasteiger partial charge on any atom is 0.241 e. The van der Waals surface area contributed by atoms with E-state index in [9.17, 15) is 4.79 Å². The molecule has 1 aromatic carbocycles. The molecule has 0 spiro atoms. The first-order valence-corrected chi connectivity index (χ1v) is 6.90. The zero-order valence-electron chi connectivity index (χ0n) is 12.5. The standard InChI is InChI=1S/C16H20N4O/c1-13-9-14(2)11-15(10-13)19-12-16(21)20(7-3-5-17)8-4-6-18/h9-11,19H,3-4,7-8,12H2,1-2H3. The van der Waals surface area contributed by atoms with E-state index in [1.165, 1.54) is 0 Å². The Morgan fingerprint density at radius 2 is 1.62 bits per heavy atom. The van der Waals surface area contributed by atoms with Crippen molar-refractivity contribution in [1.82, 2.24) is 4.90 Å². The summed E-state index contributed by atoms with van der Waals surface area (Å²) in [5.41, 5.74) is 3.17. The van der Waals surface area contributed by atoms with Crippen molar-refractivity contribution in [2.24, 2.45) is 0 Å². The molecule has 0 bridgehead atoms. The van der Waals surface area contributed by atoms with Crippen molar-refractivity contribution >= 4 is 11.6 Å². The Morgan fingerprint density at radius 1 is 1.10 bits per heavy atom. The third kappa shape index (κ3) is 5.97. The summed E-state index contributed by atoms with van der Waals surface area (Å²) < 4.78 is 0. The van der Waals surface area contributed by atoms with Gasteiger partial charge in [-0.15, -0.1) is 0 Å². The number of hydrogen-bond donors (Lipinski definition) is 1. The molecule has 21 heavy (non-hydrogen) atoms. The van der Waals surface area contributed by atoms with Crippen molar-refractivity contribution in [3.05, 3.63) is 29.3 Å². The molecule has 0 radical (unpaired) electrons. The predicted octanol–water partition coefficient (Wildman–Crippen LogP) is 2.37. The van der Waals surface area contributed by atoms with Crippen LogP contribution in [0.5, 0.6) is 0 Å². The van der Waals surface area contributed by atoms with Crippen LogP contribution in [-0.4, -0.2) is 30.4 Å². The number of amides is 1. The zero-order valence-corrected chi connectivity index (χ0v) is 12.5. The van der Waals surface area contributed by atoms with Crippen LogP contribution in [0.3, 0.4) is 0 Å². The van der Waals surface area contributed by atoms with Gasteiger partial charge in [0.25, 0.3) is 0 Å². The van der Waals surface area contributed by atoms with Crippen LogP contribution in [0, 0.1) is 36.5 Å². The molecule has 0 aliphatic heterocycles. The number of rotatable bonds is 7. The summed E-state index contributed by atoms with van der Waals surface area (Å²) >= 11 is 0. The van der Waals surface area contributed by atoms with Crippen molar-refractivity contribution < 1.29 is 4.79 Å². The Labute approximate surface area is 125 Å². The first-order chi connectivity index (χ1) is 10.1. The molecule has 110 valence electrons. The van der Waals surface area contributed by atoms with Crippen molar-refractivity contribution in [2.75, 3.05) is 25.0 Å². The molecule has 1 aromatic rings. The third-order valence-electron chi connectivity index (χ3n) is 3.01. The Hall–Kier alpha value is -2.53. The van der Waals surface area contributed by atoms with Crippen LogP contribution in [0.2, 0.25) is 0 Å². The number of nitrogens with one attached hydrogen (secondary N) is 1. The lowest BCUT2D eigenvalue weighted by atomic mass is 10.1. The van der Waals surface area contributed by atoms with E-state index in [0.29, 0.717) is 13.1 Å². The van der Waals surface area contributed by atoms with Gasteiger partial charge in [-0.25, -0.2) is 0 Å².